The summed E-state index contributed by atoms with van der Waals surface area (Å²) < 4.78 is 4.25. The third-order valence-electron chi connectivity index (χ3n) is 1.87. The number of cyclic esters (lactones) is 2. The van der Waals surface area contributed by atoms with E-state index in [1.54, 1.807) is 0 Å². The van der Waals surface area contributed by atoms with E-state index in [9.17, 15) is 14.4 Å². The molecule has 12 heavy (non-hydrogen) atoms. The molecule has 0 aromatic rings. The van der Waals surface area contributed by atoms with Crippen molar-refractivity contribution in [3.05, 3.63) is 0 Å². The molecule has 0 saturated carbocycles. The number of carbonyl (C=O) groups excluding carboxylic acids is 2. The summed E-state index contributed by atoms with van der Waals surface area (Å²) in [6.07, 6.45) is -0.342. The fourth-order valence-corrected chi connectivity index (χ4v) is 1.08. The zero-order valence-corrected chi connectivity index (χ0v) is 6.44. The van der Waals surface area contributed by atoms with Crippen molar-refractivity contribution in [3.8, 4) is 0 Å². The Morgan fingerprint density at radius 1 is 1.50 bits per heavy atom. The second kappa shape index (κ2) is 2.92. The Labute approximate surface area is 68.3 Å². The van der Waals surface area contributed by atoms with Crippen LogP contribution in [0, 0.1) is 11.8 Å². The van der Waals surface area contributed by atoms with Crippen LogP contribution >= 0.6 is 0 Å². The molecule has 0 amide bonds. The fourth-order valence-electron chi connectivity index (χ4n) is 1.08. The molecule has 1 aliphatic heterocycles. The van der Waals surface area contributed by atoms with Gasteiger partial charge in [0.1, 0.15) is 0 Å². The minimum absolute atomic E-state index is 0.342. The van der Waals surface area contributed by atoms with Gasteiger partial charge in [-0.3, -0.25) is 14.4 Å². The lowest BCUT2D eigenvalue weighted by Crippen LogP contribution is -2.18. The van der Waals surface area contributed by atoms with Crippen LogP contribution in [0.4, 0.5) is 0 Å². The van der Waals surface area contributed by atoms with E-state index in [1.165, 1.54) is 6.92 Å². The number of carbonyl (C=O) groups is 3. The van der Waals surface area contributed by atoms with Crippen LogP contribution in [0.25, 0.3) is 0 Å². The first-order valence-corrected chi connectivity index (χ1v) is 3.49. The lowest BCUT2D eigenvalue weighted by atomic mass is 9.94. The molecule has 1 fully saturated rings. The van der Waals surface area contributed by atoms with Crippen LogP contribution in [-0.4, -0.2) is 23.0 Å². The maximum atomic E-state index is 10.8. The van der Waals surface area contributed by atoms with Crippen molar-refractivity contribution < 1.29 is 24.2 Å². The molecular formula is C7H8O5. The van der Waals surface area contributed by atoms with Crippen molar-refractivity contribution in [3.63, 3.8) is 0 Å². The number of aliphatic carboxylic acids is 1. The highest BCUT2D eigenvalue weighted by Gasteiger charge is 2.42. The maximum absolute atomic E-state index is 10.8. The molecule has 1 N–H and O–H groups in total. The van der Waals surface area contributed by atoms with Crippen LogP contribution in [0.2, 0.25) is 0 Å². The molecule has 0 bridgehead atoms. The quantitative estimate of drug-likeness (QED) is 0.460. The van der Waals surface area contributed by atoms with Crippen molar-refractivity contribution in [2.75, 3.05) is 0 Å². The van der Waals surface area contributed by atoms with Gasteiger partial charge < -0.3 is 9.84 Å². The van der Waals surface area contributed by atoms with E-state index in [0.717, 1.165) is 0 Å². The van der Waals surface area contributed by atoms with Crippen molar-refractivity contribution in [1.82, 2.24) is 0 Å². The summed E-state index contributed by atoms with van der Waals surface area (Å²) in [4.78, 5) is 31.8. The highest BCUT2D eigenvalue weighted by Crippen LogP contribution is 2.25. The van der Waals surface area contributed by atoms with Gasteiger partial charge in [-0.15, -0.1) is 0 Å². The minimum Gasteiger partial charge on any atom is -0.481 e. The third-order valence-corrected chi connectivity index (χ3v) is 1.87. The van der Waals surface area contributed by atoms with E-state index in [4.69, 9.17) is 5.11 Å². The second-order valence-electron chi connectivity index (χ2n) is 2.73. The number of hydrogen-bond acceptors (Lipinski definition) is 4. The van der Waals surface area contributed by atoms with Crippen molar-refractivity contribution in [2.45, 2.75) is 13.3 Å². The standard InChI is InChI=1S/C7H8O5/c1-3-4(2-5(8)9)7(11)12-6(3)10/h3-4H,2H2,1H3,(H,8,9)/t3-,4?/m1/s1. The summed E-state index contributed by atoms with van der Waals surface area (Å²) in [6, 6.07) is 0. The summed E-state index contributed by atoms with van der Waals surface area (Å²) in [7, 11) is 0. The van der Waals surface area contributed by atoms with E-state index in [-0.39, 0.29) is 6.42 Å². The van der Waals surface area contributed by atoms with Crippen LogP contribution in [0.3, 0.4) is 0 Å². The zero-order chi connectivity index (χ0) is 9.30. The largest absolute Gasteiger partial charge is 0.481 e. The highest BCUT2D eigenvalue weighted by atomic mass is 16.6. The first-order chi connectivity index (χ1) is 5.52. The van der Waals surface area contributed by atoms with E-state index in [2.05, 4.69) is 4.74 Å². The summed E-state index contributed by atoms with van der Waals surface area (Å²) in [5.41, 5.74) is 0. The van der Waals surface area contributed by atoms with E-state index < -0.39 is 29.7 Å². The molecule has 1 heterocycles. The Morgan fingerprint density at radius 2 is 2.08 bits per heavy atom. The lowest BCUT2D eigenvalue weighted by Gasteiger charge is -2.03. The van der Waals surface area contributed by atoms with E-state index >= 15 is 0 Å². The zero-order valence-electron chi connectivity index (χ0n) is 6.44. The number of carboxylic acids is 1. The Hall–Kier alpha value is -1.39. The van der Waals surface area contributed by atoms with Crippen LogP contribution in [0.5, 0.6) is 0 Å². The second-order valence-corrected chi connectivity index (χ2v) is 2.73. The number of carboxylic acid groups (broad SMARTS) is 1. The molecule has 1 rings (SSSR count). The highest BCUT2D eigenvalue weighted by molar-refractivity contribution is 5.97. The van der Waals surface area contributed by atoms with Gasteiger partial charge in [-0.1, -0.05) is 6.92 Å². The SMILES string of the molecule is C[C@H]1C(=O)OC(=O)C1CC(=O)O. The van der Waals surface area contributed by atoms with Gasteiger partial charge in [0.2, 0.25) is 0 Å². The van der Waals surface area contributed by atoms with Gasteiger partial charge in [-0.05, 0) is 0 Å². The predicted molar refractivity (Wildman–Crippen MR) is 36.0 cm³/mol. The van der Waals surface area contributed by atoms with E-state index in [0.29, 0.717) is 0 Å². The van der Waals surface area contributed by atoms with Crippen LogP contribution < -0.4 is 0 Å². The molecule has 1 unspecified atom stereocenters. The molecule has 0 aliphatic carbocycles. The molecule has 0 aromatic heterocycles. The number of esters is 2. The Bertz CT molecular complexity index is 244. The van der Waals surface area contributed by atoms with Gasteiger partial charge >= 0.3 is 17.9 Å². The average Bonchev–Trinajstić information content (AvgIpc) is 2.16. The van der Waals surface area contributed by atoms with Gasteiger partial charge in [0.25, 0.3) is 0 Å². The normalized spacial score (nSPS) is 28.8. The molecule has 0 spiro atoms. The Kier molecular flexibility index (Phi) is 2.12. The summed E-state index contributed by atoms with van der Waals surface area (Å²) in [6.45, 7) is 1.49. The van der Waals surface area contributed by atoms with Gasteiger partial charge in [-0.25, -0.2) is 0 Å². The molecule has 5 nitrogen and oxygen atoms in total. The molecule has 0 radical (unpaired) electrons. The molecule has 1 aliphatic rings. The maximum Gasteiger partial charge on any atom is 0.318 e. The molecule has 1 saturated heterocycles. The molecule has 2 atom stereocenters. The Morgan fingerprint density at radius 3 is 2.42 bits per heavy atom. The monoisotopic (exact) mass is 172 g/mol. The number of rotatable bonds is 2. The molecule has 5 heteroatoms. The smallest absolute Gasteiger partial charge is 0.318 e. The molecular weight excluding hydrogens is 164 g/mol. The molecule has 0 aromatic carbocycles. The lowest BCUT2D eigenvalue weighted by molar-refractivity contribution is -0.155. The topological polar surface area (TPSA) is 80.7 Å². The Balaban J connectivity index is 2.70. The van der Waals surface area contributed by atoms with Gasteiger partial charge in [0.05, 0.1) is 18.3 Å². The van der Waals surface area contributed by atoms with Crippen molar-refractivity contribution in [2.24, 2.45) is 11.8 Å². The van der Waals surface area contributed by atoms with Crippen LogP contribution in [0.1, 0.15) is 13.3 Å². The number of ether oxygens (including phenoxy) is 1. The first kappa shape index (κ1) is 8.70. The third kappa shape index (κ3) is 1.44. The van der Waals surface area contributed by atoms with Crippen LogP contribution in [0.15, 0.2) is 0 Å². The van der Waals surface area contributed by atoms with Gasteiger partial charge in [-0.2, -0.15) is 0 Å². The summed E-state index contributed by atoms with van der Waals surface area (Å²) in [5, 5.41) is 8.38. The van der Waals surface area contributed by atoms with Gasteiger partial charge in [0.15, 0.2) is 0 Å². The molecule has 66 valence electrons. The predicted octanol–water partition coefficient (Wildman–Crippen LogP) is -0.203. The minimum atomic E-state index is -1.10. The summed E-state index contributed by atoms with van der Waals surface area (Å²) >= 11 is 0. The fraction of sp³-hybridized carbons (Fsp3) is 0.571. The number of hydrogen-bond donors (Lipinski definition) is 1. The van der Waals surface area contributed by atoms with Crippen molar-refractivity contribution >= 4 is 17.9 Å². The van der Waals surface area contributed by atoms with Crippen molar-refractivity contribution in [1.29, 1.82) is 0 Å². The average molecular weight is 172 g/mol. The van der Waals surface area contributed by atoms with Crippen LogP contribution in [-0.2, 0) is 19.1 Å². The first-order valence-electron chi connectivity index (χ1n) is 3.49. The summed E-state index contributed by atoms with van der Waals surface area (Å²) in [5.74, 6) is -3.90. The van der Waals surface area contributed by atoms with E-state index in [1.807, 2.05) is 0 Å². The van der Waals surface area contributed by atoms with Gasteiger partial charge in [0, 0.05) is 0 Å².